The predicted molar refractivity (Wildman–Crippen MR) is 61.6 cm³/mol. The van der Waals surface area contributed by atoms with Crippen molar-refractivity contribution in [2.24, 2.45) is 11.7 Å². The minimum Gasteiger partial charge on any atom is -0.369 e. The Morgan fingerprint density at radius 2 is 2.12 bits per heavy atom. The normalized spacial score (nSPS) is 26.4. The van der Waals surface area contributed by atoms with Crippen LogP contribution < -0.4 is 11.1 Å². The number of hydrogen-bond acceptors (Lipinski definition) is 3. The number of nitrogens with zero attached hydrogens (tertiary/aromatic N) is 1. The summed E-state index contributed by atoms with van der Waals surface area (Å²) < 4.78 is 0. The average Bonchev–Trinajstić information content (AvgIpc) is 2.21. The Kier molecular flexibility index (Phi) is 4.73. The molecule has 1 heterocycles. The third-order valence-corrected chi connectivity index (χ3v) is 3.13. The molecular weight excluding hydrogens is 206 g/mol. The van der Waals surface area contributed by atoms with E-state index in [0.717, 1.165) is 12.8 Å². The van der Waals surface area contributed by atoms with E-state index in [9.17, 15) is 9.59 Å². The maximum absolute atomic E-state index is 11.5. The van der Waals surface area contributed by atoms with E-state index >= 15 is 0 Å². The van der Waals surface area contributed by atoms with Crippen LogP contribution in [0.15, 0.2) is 0 Å². The zero-order chi connectivity index (χ0) is 12.1. The molecule has 0 aliphatic carbocycles. The lowest BCUT2D eigenvalue weighted by molar-refractivity contribution is -0.127. The number of piperidine rings is 1. The SMILES string of the molecule is CCNC(=O)CN1CC(C(N)=O)CCC1C. The number of likely N-dealkylation sites (N-methyl/N-ethyl adjacent to an activating group) is 1. The maximum Gasteiger partial charge on any atom is 0.234 e. The molecule has 0 aromatic heterocycles. The zero-order valence-corrected chi connectivity index (χ0v) is 10.0. The van der Waals surface area contributed by atoms with Gasteiger partial charge in [0.25, 0.3) is 0 Å². The fraction of sp³-hybridized carbons (Fsp3) is 0.818. The van der Waals surface area contributed by atoms with Crippen LogP contribution in [0.1, 0.15) is 26.7 Å². The fourth-order valence-corrected chi connectivity index (χ4v) is 2.07. The van der Waals surface area contributed by atoms with Crippen LogP contribution in [0.3, 0.4) is 0 Å². The van der Waals surface area contributed by atoms with Crippen molar-refractivity contribution in [1.82, 2.24) is 10.2 Å². The van der Waals surface area contributed by atoms with E-state index in [4.69, 9.17) is 5.73 Å². The third kappa shape index (κ3) is 3.48. The highest BCUT2D eigenvalue weighted by molar-refractivity contribution is 5.79. The smallest absolute Gasteiger partial charge is 0.234 e. The van der Waals surface area contributed by atoms with E-state index in [2.05, 4.69) is 12.2 Å². The van der Waals surface area contributed by atoms with Crippen LogP contribution in [-0.2, 0) is 9.59 Å². The van der Waals surface area contributed by atoms with Crippen molar-refractivity contribution in [3.63, 3.8) is 0 Å². The minimum absolute atomic E-state index is 0.0134. The van der Waals surface area contributed by atoms with Crippen molar-refractivity contribution in [2.75, 3.05) is 19.6 Å². The lowest BCUT2D eigenvalue weighted by Crippen LogP contribution is -2.49. The Morgan fingerprint density at radius 1 is 1.44 bits per heavy atom. The minimum atomic E-state index is -0.257. The van der Waals surface area contributed by atoms with Gasteiger partial charge < -0.3 is 11.1 Å². The summed E-state index contributed by atoms with van der Waals surface area (Å²) in [6, 6.07) is 0.346. The zero-order valence-electron chi connectivity index (χ0n) is 10.0. The fourth-order valence-electron chi connectivity index (χ4n) is 2.07. The van der Waals surface area contributed by atoms with Gasteiger partial charge in [-0.15, -0.1) is 0 Å². The molecule has 92 valence electrons. The number of amides is 2. The molecule has 1 aliphatic rings. The molecule has 5 heteroatoms. The second-order valence-corrected chi connectivity index (χ2v) is 4.41. The van der Waals surface area contributed by atoms with Crippen LogP contribution in [0.2, 0.25) is 0 Å². The highest BCUT2D eigenvalue weighted by atomic mass is 16.2. The number of hydrogen-bond donors (Lipinski definition) is 2. The number of nitrogens with two attached hydrogens (primary N) is 1. The van der Waals surface area contributed by atoms with Crippen LogP contribution in [0, 0.1) is 5.92 Å². The second kappa shape index (κ2) is 5.84. The summed E-state index contributed by atoms with van der Waals surface area (Å²) >= 11 is 0. The summed E-state index contributed by atoms with van der Waals surface area (Å²) in [4.78, 5) is 24.6. The van der Waals surface area contributed by atoms with Crippen LogP contribution in [0.5, 0.6) is 0 Å². The molecule has 2 atom stereocenters. The van der Waals surface area contributed by atoms with E-state index in [0.29, 0.717) is 25.7 Å². The van der Waals surface area contributed by atoms with Gasteiger partial charge in [-0.05, 0) is 26.7 Å². The van der Waals surface area contributed by atoms with Crippen molar-refractivity contribution in [3.05, 3.63) is 0 Å². The van der Waals surface area contributed by atoms with Gasteiger partial charge in [-0.1, -0.05) is 0 Å². The van der Waals surface area contributed by atoms with Crippen LogP contribution >= 0.6 is 0 Å². The van der Waals surface area contributed by atoms with Gasteiger partial charge in [-0.3, -0.25) is 14.5 Å². The number of nitrogens with one attached hydrogen (secondary N) is 1. The largest absolute Gasteiger partial charge is 0.369 e. The van der Waals surface area contributed by atoms with Gasteiger partial charge in [0.2, 0.25) is 11.8 Å². The number of carbonyl (C=O) groups excluding carboxylic acids is 2. The molecule has 0 aromatic carbocycles. The first kappa shape index (κ1) is 13.0. The van der Waals surface area contributed by atoms with Gasteiger partial charge in [0.05, 0.1) is 12.5 Å². The molecule has 0 radical (unpaired) electrons. The number of rotatable bonds is 4. The molecule has 0 saturated carbocycles. The summed E-state index contributed by atoms with van der Waals surface area (Å²) in [6.07, 6.45) is 1.76. The Balaban J connectivity index is 2.49. The first-order valence-corrected chi connectivity index (χ1v) is 5.84. The van der Waals surface area contributed by atoms with Crippen LogP contribution in [-0.4, -0.2) is 42.4 Å². The molecule has 1 saturated heterocycles. The molecule has 2 amide bonds. The molecule has 2 unspecified atom stereocenters. The van der Waals surface area contributed by atoms with Gasteiger partial charge in [-0.2, -0.15) is 0 Å². The molecular formula is C11H21N3O2. The monoisotopic (exact) mass is 227 g/mol. The van der Waals surface area contributed by atoms with Crippen molar-refractivity contribution in [1.29, 1.82) is 0 Å². The Labute approximate surface area is 96.4 Å². The van der Waals surface area contributed by atoms with Gasteiger partial charge in [-0.25, -0.2) is 0 Å². The van der Waals surface area contributed by atoms with E-state index < -0.39 is 0 Å². The highest BCUT2D eigenvalue weighted by Gasteiger charge is 2.29. The molecule has 3 N–H and O–H groups in total. The molecule has 1 rings (SSSR count). The molecule has 1 aliphatic heterocycles. The van der Waals surface area contributed by atoms with Gasteiger partial charge in [0.1, 0.15) is 0 Å². The number of carbonyl (C=O) groups is 2. The summed E-state index contributed by atoms with van der Waals surface area (Å²) in [5, 5.41) is 2.76. The van der Waals surface area contributed by atoms with E-state index in [1.54, 1.807) is 0 Å². The van der Waals surface area contributed by atoms with Gasteiger partial charge in [0, 0.05) is 19.1 Å². The third-order valence-electron chi connectivity index (χ3n) is 3.13. The van der Waals surface area contributed by atoms with Crippen LogP contribution in [0.25, 0.3) is 0 Å². The topological polar surface area (TPSA) is 75.4 Å². The first-order valence-electron chi connectivity index (χ1n) is 5.84. The van der Waals surface area contributed by atoms with Crippen molar-refractivity contribution in [3.8, 4) is 0 Å². The summed E-state index contributed by atoms with van der Waals surface area (Å²) in [5.74, 6) is -0.349. The van der Waals surface area contributed by atoms with E-state index in [1.807, 2.05) is 11.8 Å². The molecule has 16 heavy (non-hydrogen) atoms. The number of likely N-dealkylation sites (tertiary alicyclic amines) is 1. The van der Waals surface area contributed by atoms with Crippen LogP contribution in [0.4, 0.5) is 0 Å². The molecule has 0 bridgehead atoms. The molecule has 1 fully saturated rings. The van der Waals surface area contributed by atoms with E-state index in [-0.39, 0.29) is 17.7 Å². The average molecular weight is 227 g/mol. The maximum atomic E-state index is 11.5. The van der Waals surface area contributed by atoms with Gasteiger partial charge >= 0.3 is 0 Å². The Bertz CT molecular complexity index is 268. The Hall–Kier alpha value is -1.10. The van der Waals surface area contributed by atoms with Crippen molar-refractivity contribution >= 4 is 11.8 Å². The van der Waals surface area contributed by atoms with E-state index in [1.165, 1.54) is 0 Å². The highest BCUT2D eigenvalue weighted by Crippen LogP contribution is 2.21. The second-order valence-electron chi connectivity index (χ2n) is 4.41. The summed E-state index contributed by atoms with van der Waals surface area (Å²) in [7, 11) is 0. The lowest BCUT2D eigenvalue weighted by Gasteiger charge is -2.36. The van der Waals surface area contributed by atoms with Gasteiger partial charge in [0.15, 0.2) is 0 Å². The summed E-state index contributed by atoms with van der Waals surface area (Å²) in [5.41, 5.74) is 5.30. The molecule has 0 aromatic rings. The van der Waals surface area contributed by atoms with Crippen molar-refractivity contribution in [2.45, 2.75) is 32.7 Å². The Morgan fingerprint density at radius 3 is 2.69 bits per heavy atom. The summed E-state index contributed by atoms with van der Waals surface area (Å²) in [6.45, 7) is 5.58. The molecule has 0 spiro atoms. The molecule has 5 nitrogen and oxygen atoms in total. The standard InChI is InChI=1S/C11H21N3O2/c1-3-13-10(15)7-14-6-9(11(12)16)5-4-8(14)2/h8-9H,3-7H2,1-2H3,(H2,12,16)(H,13,15). The van der Waals surface area contributed by atoms with Crippen molar-refractivity contribution < 1.29 is 9.59 Å². The quantitative estimate of drug-likeness (QED) is 0.693. The first-order chi connectivity index (χ1) is 7.54. The lowest BCUT2D eigenvalue weighted by atomic mass is 9.93. The number of primary amides is 1. The predicted octanol–water partition coefficient (Wildman–Crippen LogP) is -0.292.